The first kappa shape index (κ1) is 38.5. The lowest BCUT2D eigenvalue weighted by molar-refractivity contribution is -0.395. The SMILES string of the molecule is CC(CC1OC(C)(C)OC1C(C)(C)O)[C@@H]1CC[C@]23C[C@]12CC[C@@H]1[C@@]2(C)CC[C@@H](O)C(C)(C)[C@@H]2C[C@@H](O[C@@H]2O[C@@H]4COC(C)(C)O[C@H]4[C@H](O)[C@H]2O)[C@]13C. The third kappa shape index (κ3) is 5.31. The lowest BCUT2D eigenvalue weighted by Crippen LogP contribution is -2.69. The Bertz CT molecular complexity index is 1390. The monoisotopic (exact) mass is 734 g/mol. The number of hydrogen-bond acceptors (Lipinski definition) is 10. The predicted molar refractivity (Wildman–Crippen MR) is 193 cm³/mol. The van der Waals surface area contributed by atoms with Crippen molar-refractivity contribution >= 4 is 0 Å². The maximum atomic E-state index is 11.6. The summed E-state index contributed by atoms with van der Waals surface area (Å²) in [5.41, 5.74) is -1.17. The summed E-state index contributed by atoms with van der Waals surface area (Å²) in [5, 5.41) is 45.5. The standard InChI is InChI=1S/C42H70O10/c1-22(18-24-33(36(4,5)46)52-38(8,9)50-24)23-12-17-42-21-41(23,42)16-13-26-39(10)15-14-28(43)35(2,3)27(39)19-29(40(26,42)11)49-34-31(45)30(44)32-25(48-34)20-47-37(6,7)51-32/h22-34,43-46H,12-21H2,1-11H3/t22?,23-,24?,25+,26+,27-,28+,29+,30+,31+,32+,33?,34-,39+,40-,41+,42+/m0/s1. The maximum Gasteiger partial charge on any atom is 0.186 e. The number of hydrogen-bond donors (Lipinski definition) is 4. The minimum absolute atomic E-state index is 0.0400. The van der Waals surface area contributed by atoms with Crippen LogP contribution in [0.2, 0.25) is 0 Å². The Hall–Kier alpha value is -0.400. The molecule has 4 N–H and O–H groups in total. The van der Waals surface area contributed by atoms with Crippen LogP contribution in [-0.2, 0) is 28.4 Å². The van der Waals surface area contributed by atoms with Crippen molar-refractivity contribution in [1.82, 2.24) is 0 Å². The summed E-state index contributed by atoms with van der Waals surface area (Å²) in [6, 6.07) is 0. The first-order valence-corrected chi connectivity index (χ1v) is 20.7. The number of aliphatic hydroxyl groups excluding tert-OH is 3. The molecule has 10 nitrogen and oxygen atoms in total. The second kappa shape index (κ2) is 11.8. The first-order valence-electron chi connectivity index (χ1n) is 20.7. The molecular weight excluding hydrogens is 664 g/mol. The summed E-state index contributed by atoms with van der Waals surface area (Å²) in [7, 11) is 0. The van der Waals surface area contributed by atoms with E-state index >= 15 is 0 Å². The highest BCUT2D eigenvalue weighted by atomic mass is 16.8. The second-order valence-corrected chi connectivity index (χ2v) is 21.5. The van der Waals surface area contributed by atoms with Crippen LogP contribution >= 0.6 is 0 Å². The van der Waals surface area contributed by atoms with Gasteiger partial charge in [0.2, 0.25) is 0 Å². The van der Waals surface area contributed by atoms with Crippen LogP contribution in [0.15, 0.2) is 0 Å². The van der Waals surface area contributed by atoms with Gasteiger partial charge in [0, 0.05) is 5.41 Å². The molecule has 17 atom stereocenters. The fraction of sp³-hybridized carbons (Fsp3) is 1.00. The van der Waals surface area contributed by atoms with Crippen molar-refractivity contribution in [2.45, 2.75) is 206 Å². The third-order valence-electron chi connectivity index (χ3n) is 17.2. The van der Waals surface area contributed by atoms with Crippen LogP contribution in [0.4, 0.5) is 0 Å². The van der Waals surface area contributed by atoms with E-state index in [0.29, 0.717) is 17.8 Å². The van der Waals surface area contributed by atoms with Crippen LogP contribution < -0.4 is 0 Å². The summed E-state index contributed by atoms with van der Waals surface area (Å²) in [6.45, 7) is 23.3. The zero-order chi connectivity index (χ0) is 37.8. The maximum absolute atomic E-state index is 11.6. The molecule has 0 aromatic rings. The average Bonchev–Trinajstić information content (AvgIpc) is 3.45. The fourth-order valence-electron chi connectivity index (χ4n) is 14.9. The van der Waals surface area contributed by atoms with Gasteiger partial charge in [0.1, 0.15) is 30.5 Å². The lowest BCUT2D eigenvalue weighted by atomic mass is 9.37. The van der Waals surface area contributed by atoms with Crippen LogP contribution in [0, 0.1) is 50.7 Å². The van der Waals surface area contributed by atoms with Gasteiger partial charge in [0.25, 0.3) is 0 Å². The minimum Gasteiger partial charge on any atom is -0.393 e. The minimum atomic E-state index is -1.27. The largest absolute Gasteiger partial charge is 0.393 e. The molecule has 0 amide bonds. The van der Waals surface area contributed by atoms with Gasteiger partial charge < -0.3 is 48.8 Å². The molecule has 8 aliphatic rings. The molecule has 0 aromatic carbocycles. The average molecular weight is 735 g/mol. The fourth-order valence-corrected chi connectivity index (χ4v) is 14.9. The smallest absolute Gasteiger partial charge is 0.186 e. The molecule has 3 aliphatic heterocycles. The Labute approximate surface area is 312 Å². The van der Waals surface area contributed by atoms with Crippen LogP contribution in [0.25, 0.3) is 0 Å². The highest BCUT2D eigenvalue weighted by Gasteiger charge is 2.85. The van der Waals surface area contributed by atoms with E-state index in [1.807, 2.05) is 41.5 Å². The number of rotatable bonds is 6. The van der Waals surface area contributed by atoms with E-state index in [2.05, 4.69) is 34.6 Å². The molecule has 10 heteroatoms. The van der Waals surface area contributed by atoms with Crippen molar-refractivity contribution < 1.29 is 48.8 Å². The summed E-state index contributed by atoms with van der Waals surface area (Å²) < 4.78 is 38.4. The van der Waals surface area contributed by atoms with E-state index in [9.17, 15) is 20.4 Å². The van der Waals surface area contributed by atoms with Gasteiger partial charge in [0.15, 0.2) is 17.9 Å². The molecule has 8 rings (SSSR count). The molecule has 3 heterocycles. The zero-order valence-electron chi connectivity index (χ0n) is 33.8. The summed E-state index contributed by atoms with van der Waals surface area (Å²) in [5.74, 6) is -0.0903. The van der Waals surface area contributed by atoms with Crippen molar-refractivity contribution in [3.05, 3.63) is 0 Å². The van der Waals surface area contributed by atoms with E-state index in [0.717, 1.165) is 44.9 Å². The molecule has 0 radical (unpaired) electrons. The Morgan fingerprint density at radius 1 is 0.827 bits per heavy atom. The van der Waals surface area contributed by atoms with Crippen molar-refractivity contribution in [3.8, 4) is 0 Å². The number of ether oxygens (including phenoxy) is 6. The van der Waals surface area contributed by atoms with Gasteiger partial charge >= 0.3 is 0 Å². The lowest BCUT2D eigenvalue weighted by Gasteiger charge is -2.69. The van der Waals surface area contributed by atoms with Crippen molar-refractivity contribution in [3.63, 3.8) is 0 Å². The Morgan fingerprint density at radius 3 is 2.23 bits per heavy atom. The quantitative estimate of drug-likeness (QED) is 0.252. The molecule has 0 bridgehead atoms. The molecule has 298 valence electrons. The van der Waals surface area contributed by atoms with E-state index in [-0.39, 0.29) is 64.0 Å². The second-order valence-electron chi connectivity index (χ2n) is 21.5. The van der Waals surface area contributed by atoms with Crippen LogP contribution in [0.3, 0.4) is 0 Å². The normalized spacial score (nSPS) is 55.0. The van der Waals surface area contributed by atoms with Gasteiger partial charge in [-0.3, -0.25) is 0 Å². The van der Waals surface area contributed by atoms with Gasteiger partial charge in [-0.15, -0.1) is 0 Å². The highest BCUT2D eigenvalue weighted by molar-refractivity contribution is 5.33. The summed E-state index contributed by atoms with van der Waals surface area (Å²) >= 11 is 0. The molecule has 5 aliphatic carbocycles. The van der Waals surface area contributed by atoms with Crippen LogP contribution in [-0.4, -0.2) is 99.3 Å². The van der Waals surface area contributed by atoms with Crippen LogP contribution in [0.5, 0.6) is 0 Å². The first-order chi connectivity index (χ1) is 23.9. The topological polar surface area (TPSA) is 136 Å². The van der Waals surface area contributed by atoms with Gasteiger partial charge in [0.05, 0.1) is 30.5 Å². The number of aliphatic hydroxyl groups is 4. The summed E-state index contributed by atoms with van der Waals surface area (Å²) in [4.78, 5) is 0. The highest BCUT2D eigenvalue weighted by Crippen LogP contribution is 2.91. The van der Waals surface area contributed by atoms with Crippen LogP contribution in [0.1, 0.15) is 134 Å². The zero-order valence-corrected chi connectivity index (χ0v) is 33.8. The van der Waals surface area contributed by atoms with E-state index in [1.54, 1.807) is 0 Å². The van der Waals surface area contributed by atoms with Crippen molar-refractivity contribution in [1.29, 1.82) is 0 Å². The predicted octanol–water partition coefficient (Wildman–Crippen LogP) is 5.70. The van der Waals surface area contributed by atoms with Crippen molar-refractivity contribution in [2.75, 3.05) is 6.61 Å². The summed E-state index contributed by atoms with van der Waals surface area (Å²) in [6.07, 6.45) is 3.32. The van der Waals surface area contributed by atoms with E-state index in [4.69, 9.17) is 28.4 Å². The third-order valence-corrected chi connectivity index (χ3v) is 17.2. The van der Waals surface area contributed by atoms with Gasteiger partial charge in [-0.1, -0.05) is 34.6 Å². The van der Waals surface area contributed by atoms with Gasteiger partial charge in [-0.05, 0) is 145 Å². The molecule has 3 saturated heterocycles. The molecule has 8 fully saturated rings. The molecular formula is C42H70O10. The molecule has 0 aromatic heterocycles. The van der Waals surface area contributed by atoms with Crippen molar-refractivity contribution in [2.24, 2.45) is 50.7 Å². The molecule has 52 heavy (non-hydrogen) atoms. The Balaban J connectivity index is 1.11. The van der Waals surface area contributed by atoms with E-state index < -0.39 is 47.9 Å². The molecule has 3 unspecified atom stereocenters. The van der Waals surface area contributed by atoms with Gasteiger partial charge in [-0.2, -0.15) is 0 Å². The molecule has 0 spiro atoms. The Morgan fingerprint density at radius 2 is 1.54 bits per heavy atom. The van der Waals surface area contributed by atoms with Gasteiger partial charge in [-0.25, -0.2) is 0 Å². The van der Waals surface area contributed by atoms with E-state index in [1.165, 1.54) is 12.8 Å². The Kier molecular flexibility index (Phi) is 8.75. The molecule has 5 saturated carbocycles. The number of fused-ring (bicyclic) bond motifs is 4.